The van der Waals surface area contributed by atoms with Crippen molar-refractivity contribution in [1.82, 2.24) is 4.90 Å². The second-order valence-corrected chi connectivity index (χ2v) is 5.80. The summed E-state index contributed by atoms with van der Waals surface area (Å²) in [6, 6.07) is 6.81. The molecular weight excluding hydrogens is 282 g/mol. The van der Waals surface area contributed by atoms with Crippen LogP contribution in [-0.4, -0.2) is 48.7 Å². The number of benzene rings is 1. The second kappa shape index (κ2) is 7.94. The van der Waals surface area contributed by atoms with Gasteiger partial charge >= 0.3 is 5.97 Å². The monoisotopic (exact) mass is 305 g/mol. The molecule has 1 amide bonds. The first-order chi connectivity index (χ1) is 10.6. The Morgan fingerprint density at radius 2 is 2.05 bits per heavy atom. The number of amides is 1. The number of carbonyl (C=O) groups is 2. The highest BCUT2D eigenvalue weighted by Crippen LogP contribution is 2.28. The zero-order chi connectivity index (χ0) is 15.9. The third-order valence-electron chi connectivity index (χ3n) is 3.90. The van der Waals surface area contributed by atoms with E-state index in [1.54, 1.807) is 36.2 Å². The van der Waals surface area contributed by atoms with Crippen LogP contribution in [0.5, 0.6) is 0 Å². The molecule has 2 rings (SSSR count). The molecule has 5 heteroatoms. The summed E-state index contributed by atoms with van der Waals surface area (Å²) in [6.07, 6.45) is 3.27. The van der Waals surface area contributed by atoms with Gasteiger partial charge in [0.25, 0.3) is 0 Å². The van der Waals surface area contributed by atoms with E-state index in [0.29, 0.717) is 31.6 Å². The molecule has 0 unspecified atom stereocenters. The van der Waals surface area contributed by atoms with Crippen molar-refractivity contribution in [2.75, 3.05) is 26.8 Å². The second-order valence-electron chi connectivity index (χ2n) is 5.80. The molecule has 0 bridgehead atoms. The first-order valence-corrected chi connectivity index (χ1v) is 7.71. The number of nitrogens with zero attached hydrogens (tertiary/aromatic N) is 1. The van der Waals surface area contributed by atoms with Crippen LogP contribution < -0.4 is 0 Å². The Hall–Kier alpha value is -1.88. The highest BCUT2D eigenvalue weighted by atomic mass is 16.5. The fourth-order valence-electron chi connectivity index (χ4n) is 2.24. The summed E-state index contributed by atoms with van der Waals surface area (Å²) in [5, 5.41) is 9.12. The molecule has 22 heavy (non-hydrogen) atoms. The normalized spacial score (nSPS) is 13.9. The zero-order valence-corrected chi connectivity index (χ0v) is 13.0. The molecule has 5 nitrogen and oxygen atoms in total. The summed E-state index contributed by atoms with van der Waals surface area (Å²) in [5.41, 5.74) is 0.965. The SMILES string of the molecule is CN(CCOCC1CC1)C(=O)CCc1ccccc1C(=O)O. The van der Waals surface area contributed by atoms with Gasteiger partial charge in [0.2, 0.25) is 5.91 Å². The smallest absolute Gasteiger partial charge is 0.335 e. The van der Waals surface area contributed by atoms with Gasteiger partial charge in [-0.2, -0.15) is 0 Å². The van der Waals surface area contributed by atoms with Crippen LogP contribution in [-0.2, 0) is 16.0 Å². The van der Waals surface area contributed by atoms with Crippen LogP contribution in [0.25, 0.3) is 0 Å². The van der Waals surface area contributed by atoms with Crippen molar-refractivity contribution in [2.45, 2.75) is 25.7 Å². The van der Waals surface area contributed by atoms with E-state index < -0.39 is 5.97 Å². The van der Waals surface area contributed by atoms with Crippen molar-refractivity contribution < 1.29 is 19.4 Å². The fraction of sp³-hybridized carbons (Fsp3) is 0.529. The number of hydrogen-bond donors (Lipinski definition) is 1. The van der Waals surface area contributed by atoms with E-state index in [1.165, 1.54) is 12.8 Å². The van der Waals surface area contributed by atoms with Gasteiger partial charge in [-0.05, 0) is 36.8 Å². The van der Waals surface area contributed by atoms with Crippen LogP contribution in [0.1, 0.15) is 35.2 Å². The molecule has 0 spiro atoms. The minimum absolute atomic E-state index is 0.00946. The first kappa shape index (κ1) is 16.5. The van der Waals surface area contributed by atoms with Crippen molar-refractivity contribution >= 4 is 11.9 Å². The number of carbonyl (C=O) groups excluding carboxylic acids is 1. The predicted molar refractivity (Wildman–Crippen MR) is 82.9 cm³/mol. The summed E-state index contributed by atoms with van der Waals surface area (Å²) in [5.74, 6) is -0.214. The molecule has 1 N–H and O–H groups in total. The van der Waals surface area contributed by atoms with E-state index in [0.717, 1.165) is 12.5 Å². The number of rotatable bonds is 9. The quantitative estimate of drug-likeness (QED) is 0.710. The molecular formula is C17H23NO4. The van der Waals surface area contributed by atoms with Crippen LogP contribution >= 0.6 is 0 Å². The molecule has 0 radical (unpaired) electrons. The molecule has 1 aliphatic carbocycles. The Morgan fingerprint density at radius 3 is 2.73 bits per heavy atom. The maximum atomic E-state index is 12.1. The lowest BCUT2D eigenvalue weighted by molar-refractivity contribution is -0.130. The molecule has 1 aliphatic rings. The number of ether oxygens (including phenoxy) is 1. The standard InChI is InChI=1S/C17H23NO4/c1-18(10-11-22-12-13-6-7-13)16(19)9-8-14-4-2-3-5-15(14)17(20)21/h2-5,13H,6-12H2,1H3,(H,20,21). The topological polar surface area (TPSA) is 66.8 Å². The van der Waals surface area contributed by atoms with Crippen LogP contribution in [0.15, 0.2) is 24.3 Å². The Balaban J connectivity index is 1.72. The van der Waals surface area contributed by atoms with Gasteiger partial charge in [0.15, 0.2) is 0 Å². The molecule has 120 valence electrons. The number of hydrogen-bond acceptors (Lipinski definition) is 3. The highest BCUT2D eigenvalue weighted by Gasteiger charge is 2.21. The van der Waals surface area contributed by atoms with E-state index in [1.807, 2.05) is 0 Å². The molecule has 1 saturated carbocycles. The number of likely N-dealkylation sites (N-methyl/N-ethyl adjacent to an activating group) is 1. The van der Waals surface area contributed by atoms with E-state index in [-0.39, 0.29) is 11.5 Å². The van der Waals surface area contributed by atoms with Gasteiger partial charge in [-0.15, -0.1) is 0 Å². The van der Waals surface area contributed by atoms with Gasteiger partial charge in [0.1, 0.15) is 0 Å². The molecule has 0 saturated heterocycles. The van der Waals surface area contributed by atoms with E-state index >= 15 is 0 Å². The number of aryl methyl sites for hydroxylation is 1. The summed E-state index contributed by atoms with van der Waals surface area (Å²) in [6.45, 7) is 1.94. The maximum absolute atomic E-state index is 12.1. The maximum Gasteiger partial charge on any atom is 0.335 e. The molecule has 0 aromatic heterocycles. The fourth-order valence-corrected chi connectivity index (χ4v) is 2.24. The summed E-state index contributed by atoms with van der Waals surface area (Å²) < 4.78 is 5.52. The molecule has 0 atom stereocenters. The van der Waals surface area contributed by atoms with Crippen molar-refractivity contribution in [3.8, 4) is 0 Å². The summed E-state index contributed by atoms with van der Waals surface area (Å²) >= 11 is 0. The lowest BCUT2D eigenvalue weighted by Gasteiger charge is -2.17. The van der Waals surface area contributed by atoms with Crippen LogP contribution in [0.2, 0.25) is 0 Å². The van der Waals surface area contributed by atoms with Gasteiger partial charge in [-0.1, -0.05) is 18.2 Å². The van der Waals surface area contributed by atoms with Crippen LogP contribution in [0.3, 0.4) is 0 Å². The Morgan fingerprint density at radius 1 is 1.32 bits per heavy atom. The van der Waals surface area contributed by atoms with E-state index in [9.17, 15) is 9.59 Å². The molecule has 1 aromatic carbocycles. The van der Waals surface area contributed by atoms with E-state index in [4.69, 9.17) is 9.84 Å². The lowest BCUT2D eigenvalue weighted by Crippen LogP contribution is -2.30. The van der Waals surface area contributed by atoms with Gasteiger partial charge in [0.05, 0.1) is 12.2 Å². The minimum Gasteiger partial charge on any atom is -0.478 e. The number of aromatic carboxylic acids is 1. The van der Waals surface area contributed by atoms with Gasteiger partial charge < -0.3 is 14.7 Å². The number of carboxylic acids is 1. The summed E-state index contributed by atoms with van der Waals surface area (Å²) in [4.78, 5) is 24.8. The minimum atomic E-state index is -0.954. The van der Waals surface area contributed by atoms with Gasteiger partial charge in [0, 0.05) is 26.6 Å². The third-order valence-corrected chi connectivity index (χ3v) is 3.90. The average Bonchev–Trinajstić information content (AvgIpc) is 3.33. The first-order valence-electron chi connectivity index (χ1n) is 7.71. The lowest BCUT2D eigenvalue weighted by atomic mass is 10.0. The third kappa shape index (κ3) is 5.15. The zero-order valence-electron chi connectivity index (χ0n) is 13.0. The number of carboxylic acid groups (broad SMARTS) is 1. The van der Waals surface area contributed by atoms with Crippen molar-refractivity contribution in [3.63, 3.8) is 0 Å². The van der Waals surface area contributed by atoms with Crippen molar-refractivity contribution in [3.05, 3.63) is 35.4 Å². The Bertz CT molecular complexity index is 525. The Labute approximate surface area is 130 Å². The summed E-state index contributed by atoms with van der Waals surface area (Å²) in [7, 11) is 1.76. The molecule has 1 aromatic rings. The van der Waals surface area contributed by atoms with Gasteiger partial charge in [-0.25, -0.2) is 4.79 Å². The molecule has 0 heterocycles. The molecule has 0 aliphatic heterocycles. The Kier molecular flexibility index (Phi) is 5.95. The van der Waals surface area contributed by atoms with Crippen molar-refractivity contribution in [1.29, 1.82) is 0 Å². The van der Waals surface area contributed by atoms with Crippen molar-refractivity contribution in [2.24, 2.45) is 5.92 Å². The largest absolute Gasteiger partial charge is 0.478 e. The van der Waals surface area contributed by atoms with Crippen LogP contribution in [0, 0.1) is 5.92 Å². The van der Waals surface area contributed by atoms with E-state index in [2.05, 4.69) is 0 Å². The average molecular weight is 305 g/mol. The molecule has 1 fully saturated rings. The highest BCUT2D eigenvalue weighted by molar-refractivity contribution is 5.89. The van der Waals surface area contributed by atoms with Crippen LogP contribution in [0.4, 0.5) is 0 Å². The van der Waals surface area contributed by atoms with Gasteiger partial charge in [-0.3, -0.25) is 4.79 Å². The predicted octanol–water partition coefficient (Wildman–Crippen LogP) is 2.20.